The molecule has 0 aliphatic rings. The molecule has 0 bridgehead atoms. The monoisotopic (exact) mass is 271 g/mol. The molecule has 102 valence electrons. The molecule has 0 aliphatic carbocycles. The first-order valence-electron chi connectivity index (χ1n) is 6.13. The summed E-state index contributed by atoms with van der Waals surface area (Å²) >= 11 is 0. The summed E-state index contributed by atoms with van der Waals surface area (Å²) in [6, 6.07) is 8.10. The second-order valence-corrected chi connectivity index (χ2v) is 4.16. The summed E-state index contributed by atoms with van der Waals surface area (Å²) in [5.74, 6) is 4.89. The van der Waals surface area contributed by atoms with Crippen LogP contribution in [0.25, 0.3) is 0 Å². The van der Waals surface area contributed by atoms with Gasteiger partial charge in [0.25, 0.3) is 0 Å². The van der Waals surface area contributed by atoms with Crippen LogP contribution in [0.5, 0.6) is 5.75 Å². The van der Waals surface area contributed by atoms with Crippen molar-refractivity contribution in [3.63, 3.8) is 0 Å². The fourth-order valence-electron chi connectivity index (χ4n) is 1.65. The second-order valence-electron chi connectivity index (χ2n) is 4.16. The van der Waals surface area contributed by atoms with Gasteiger partial charge in [0, 0.05) is 11.8 Å². The van der Waals surface area contributed by atoms with Gasteiger partial charge in [-0.2, -0.15) is 0 Å². The Labute approximate surface area is 117 Å². The number of halogens is 1. The Bertz CT molecular complexity index is 659. The Morgan fingerprint density at radius 2 is 2.20 bits per heavy atom. The number of aromatic nitrogens is 1. The Morgan fingerprint density at radius 1 is 1.35 bits per heavy atom. The predicted octanol–water partition coefficient (Wildman–Crippen LogP) is 2.45. The second kappa shape index (κ2) is 6.69. The molecule has 4 heteroatoms. The molecule has 0 atom stereocenters. The van der Waals surface area contributed by atoms with Crippen LogP contribution in [0.1, 0.15) is 16.8 Å². The minimum absolute atomic E-state index is 0.125. The van der Waals surface area contributed by atoms with E-state index in [1.54, 1.807) is 6.20 Å². The van der Waals surface area contributed by atoms with Crippen LogP contribution in [0.4, 0.5) is 4.39 Å². The van der Waals surface area contributed by atoms with Gasteiger partial charge >= 0.3 is 0 Å². The van der Waals surface area contributed by atoms with Crippen LogP contribution in [-0.2, 0) is 6.61 Å². The minimum atomic E-state index is -0.451. The van der Waals surface area contributed by atoms with Crippen molar-refractivity contribution in [1.82, 2.24) is 4.98 Å². The maximum Gasteiger partial charge on any atom is 0.165 e. The van der Waals surface area contributed by atoms with Crippen molar-refractivity contribution in [2.75, 3.05) is 6.61 Å². The molecular formula is C16H14FNO2. The summed E-state index contributed by atoms with van der Waals surface area (Å²) in [5.41, 5.74) is 2.34. The maximum absolute atomic E-state index is 13.7. The van der Waals surface area contributed by atoms with E-state index in [1.165, 1.54) is 18.2 Å². The standard InChI is InChI=1S/C16H14FNO2/c1-12-4-2-8-18-15(12)11-20-16-10-13(5-3-9-19)6-7-14(16)17/h2,4,6-8,10,19H,9,11H2,1H3. The molecule has 0 aliphatic heterocycles. The molecule has 2 rings (SSSR count). The van der Waals surface area contributed by atoms with Crippen molar-refractivity contribution in [2.24, 2.45) is 0 Å². The Balaban J connectivity index is 2.15. The highest BCUT2D eigenvalue weighted by molar-refractivity contribution is 5.40. The molecular weight excluding hydrogens is 257 g/mol. The predicted molar refractivity (Wildman–Crippen MR) is 73.7 cm³/mol. The van der Waals surface area contributed by atoms with Crippen LogP contribution in [0.15, 0.2) is 36.5 Å². The Hall–Kier alpha value is -2.38. The van der Waals surface area contributed by atoms with Gasteiger partial charge in [0.15, 0.2) is 11.6 Å². The van der Waals surface area contributed by atoms with Gasteiger partial charge in [0.2, 0.25) is 0 Å². The molecule has 20 heavy (non-hydrogen) atoms. The van der Waals surface area contributed by atoms with Crippen LogP contribution in [0.3, 0.4) is 0 Å². The lowest BCUT2D eigenvalue weighted by molar-refractivity contribution is 0.285. The van der Waals surface area contributed by atoms with Crippen LogP contribution < -0.4 is 4.74 Å². The maximum atomic E-state index is 13.7. The number of benzene rings is 1. The molecule has 0 amide bonds. The first-order valence-corrected chi connectivity index (χ1v) is 6.13. The van der Waals surface area contributed by atoms with Crippen LogP contribution >= 0.6 is 0 Å². The van der Waals surface area contributed by atoms with E-state index in [0.29, 0.717) is 5.56 Å². The first kappa shape index (κ1) is 14.0. The number of hydrogen-bond acceptors (Lipinski definition) is 3. The van der Waals surface area contributed by atoms with Gasteiger partial charge in [0.05, 0.1) is 5.69 Å². The molecule has 2 aromatic rings. The molecule has 1 aromatic heterocycles. The number of aliphatic hydroxyl groups is 1. The Morgan fingerprint density at radius 3 is 2.95 bits per heavy atom. The van der Waals surface area contributed by atoms with E-state index in [-0.39, 0.29) is 19.0 Å². The van der Waals surface area contributed by atoms with Gasteiger partial charge in [-0.05, 0) is 36.8 Å². The van der Waals surface area contributed by atoms with Crippen molar-refractivity contribution in [2.45, 2.75) is 13.5 Å². The molecule has 1 N–H and O–H groups in total. The molecule has 0 saturated carbocycles. The van der Waals surface area contributed by atoms with Crippen molar-refractivity contribution < 1.29 is 14.2 Å². The Kier molecular flexibility index (Phi) is 4.70. The largest absolute Gasteiger partial charge is 0.484 e. The van der Waals surface area contributed by atoms with Crippen molar-refractivity contribution in [1.29, 1.82) is 0 Å². The zero-order valence-corrected chi connectivity index (χ0v) is 11.1. The average molecular weight is 271 g/mol. The number of aryl methyl sites for hydroxylation is 1. The van der Waals surface area contributed by atoms with E-state index in [9.17, 15) is 4.39 Å². The van der Waals surface area contributed by atoms with E-state index in [0.717, 1.165) is 11.3 Å². The molecule has 0 spiro atoms. The summed E-state index contributed by atoms with van der Waals surface area (Å²) in [7, 11) is 0. The van der Waals surface area contributed by atoms with E-state index in [1.807, 2.05) is 19.1 Å². The highest BCUT2D eigenvalue weighted by Crippen LogP contribution is 2.20. The highest BCUT2D eigenvalue weighted by atomic mass is 19.1. The fourth-order valence-corrected chi connectivity index (χ4v) is 1.65. The summed E-state index contributed by atoms with van der Waals surface area (Å²) in [6.45, 7) is 1.88. The van der Waals surface area contributed by atoms with Gasteiger partial charge in [-0.25, -0.2) is 4.39 Å². The third-order valence-corrected chi connectivity index (χ3v) is 2.73. The van der Waals surface area contributed by atoms with Gasteiger partial charge in [-0.1, -0.05) is 17.9 Å². The minimum Gasteiger partial charge on any atom is -0.484 e. The van der Waals surface area contributed by atoms with Crippen molar-refractivity contribution >= 4 is 0 Å². The van der Waals surface area contributed by atoms with Crippen molar-refractivity contribution in [3.05, 3.63) is 59.2 Å². The lowest BCUT2D eigenvalue weighted by Crippen LogP contribution is -2.02. The third kappa shape index (κ3) is 3.56. The van der Waals surface area contributed by atoms with Crippen molar-refractivity contribution in [3.8, 4) is 17.6 Å². The fraction of sp³-hybridized carbons (Fsp3) is 0.188. The summed E-state index contributed by atoms with van der Waals surface area (Å²) in [5, 5.41) is 8.65. The zero-order valence-electron chi connectivity index (χ0n) is 11.1. The van der Waals surface area contributed by atoms with Gasteiger partial charge < -0.3 is 9.84 Å². The van der Waals surface area contributed by atoms with Crippen LogP contribution in [0.2, 0.25) is 0 Å². The number of nitrogens with zero attached hydrogens (tertiary/aromatic N) is 1. The van der Waals surface area contributed by atoms with Gasteiger partial charge in [-0.15, -0.1) is 0 Å². The number of ether oxygens (including phenoxy) is 1. The SMILES string of the molecule is Cc1cccnc1COc1cc(C#CCO)ccc1F. The van der Waals surface area contributed by atoms with Crippen LogP contribution in [0, 0.1) is 24.6 Å². The normalized spacial score (nSPS) is 9.75. The average Bonchev–Trinajstić information content (AvgIpc) is 2.46. The highest BCUT2D eigenvalue weighted by Gasteiger charge is 2.06. The summed E-state index contributed by atoms with van der Waals surface area (Å²) in [6.07, 6.45) is 1.67. The van der Waals surface area contributed by atoms with Gasteiger partial charge in [0.1, 0.15) is 13.2 Å². The first-order chi connectivity index (χ1) is 9.70. The summed E-state index contributed by atoms with van der Waals surface area (Å²) in [4.78, 5) is 4.19. The molecule has 0 saturated heterocycles. The number of aliphatic hydroxyl groups excluding tert-OH is 1. The smallest absolute Gasteiger partial charge is 0.165 e. The van der Waals surface area contributed by atoms with E-state index in [2.05, 4.69) is 16.8 Å². The lowest BCUT2D eigenvalue weighted by atomic mass is 10.2. The molecule has 1 aromatic carbocycles. The van der Waals surface area contributed by atoms with E-state index in [4.69, 9.17) is 9.84 Å². The van der Waals surface area contributed by atoms with E-state index >= 15 is 0 Å². The van der Waals surface area contributed by atoms with Gasteiger partial charge in [-0.3, -0.25) is 4.98 Å². The third-order valence-electron chi connectivity index (χ3n) is 2.73. The number of pyridine rings is 1. The molecule has 0 unspecified atom stereocenters. The topological polar surface area (TPSA) is 42.4 Å². The molecule has 1 heterocycles. The van der Waals surface area contributed by atoms with Crippen LogP contribution in [-0.4, -0.2) is 16.7 Å². The number of rotatable bonds is 3. The summed E-state index contributed by atoms with van der Waals surface area (Å²) < 4.78 is 19.1. The van der Waals surface area contributed by atoms with E-state index < -0.39 is 5.82 Å². The molecule has 0 radical (unpaired) electrons. The molecule has 3 nitrogen and oxygen atoms in total. The zero-order chi connectivity index (χ0) is 14.4. The molecule has 0 fully saturated rings. The quantitative estimate of drug-likeness (QED) is 0.872. The lowest BCUT2D eigenvalue weighted by Gasteiger charge is -2.08. The number of hydrogen-bond donors (Lipinski definition) is 1.